The van der Waals surface area contributed by atoms with Crippen LogP contribution in [-0.4, -0.2) is 41.3 Å². The SMILES string of the molecule is CC(C)NCCOc1ccccc1C#N.O=C(O)C=CC(=O)O. The monoisotopic (exact) mass is 320 g/mol. The lowest BCUT2D eigenvalue weighted by Gasteiger charge is -2.10. The molecule has 0 spiro atoms. The van der Waals surface area contributed by atoms with E-state index in [1.807, 2.05) is 18.2 Å². The lowest BCUT2D eigenvalue weighted by molar-refractivity contribution is -0.134. The Labute approximate surface area is 134 Å². The van der Waals surface area contributed by atoms with Gasteiger partial charge in [0.15, 0.2) is 0 Å². The number of ether oxygens (including phenoxy) is 1. The molecule has 0 bridgehead atoms. The maximum Gasteiger partial charge on any atom is 0.328 e. The first-order valence-corrected chi connectivity index (χ1v) is 6.86. The van der Waals surface area contributed by atoms with Crippen molar-refractivity contribution in [1.82, 2.24) is 5.32 Å². The number of nitrogens with zero attached hydrogens (tertiary/aromatic N) is 1. The van der Waals surface area contributed by atoms with Crippen LogP contribution in [0.25, 0.3) is 0 Å². The summed E-state index contributed by atoms with van der Waals surface area (Å²) in [5, 5.41) is 27.7. The Morgan fingerprint density at radius 1 is 1.26 bits per heavy atom. The average molecular weight is 320 g/mol. The van der Waals surface area contributed by atoms with Gasteiger partial charge in [-0.25, -0.2) is 9.59 Å². The third kappa shape index (κ3) is 11.5. The number of nitrogens with one attached hydrogen (secondary N) is 1. The van der Waals surface area contributed by atoms with Crippen molar-refractivity contribution in [1.29, 1.82) is 5.26 Å². The van der Waals surface area contributed by atoms with Gasteiger partial charge in [0.25, 0.3) is 0 Å². The van der Waals surface area contributed by atoms with Crippen LogP contribution in [0.2, 0.25) is 0 Å². The number of hydrogen-bond donors (Lipinski definition) is 3. The normalized spacial score (nSPS) is 9.83. The molecule has 0 saturated carbocycles. The van der Waals surface area contributed by atoms with E-state index in [1.165, 1.54) is 0 Å². The van der Waals surface area contributed by atoms with E-state index in [-0.39, 0.29) is 0 Å². The second-order valence-electron chi connectivity index (χ2n) is 4.58. The maximum atomic E-state index is 9.55. The number of rotatable bonds is 7. The summed E-state index contributed by atoms with van der Waals surface area (Å²) in [6.45, 7) is 5.54. The van der Waals surface area contributed by atoms with Gasteiger partial charge in [-0.15, -0.1) is 0 Å². The van der Waals surface area contributed by atoms with Gasteiger partial charge in [-0.3, -0.25) is 0 Å². The van der Waals surface area contributed by atoms with Gasteiger partial charge in [0.1, 0.15) is 18.4 Å². The van der Waals surface area contributed by atoms with Crippen molar-refractivity contribution in [3.05, 3.63) is 42.0 Å². The fourth-order valence-corrected chi connectivity index (χ4v) is 1.34. The van der Waals surface area contributed by atoms with E-state index in [4.69, 9.17) is 20.2 Å². The van der Waals surface area contributed by atoms with Gasteiger partial charge in [0, 0.05) is 24.7 Å². The first-order chi connectivity index (χ1) is 10.9. The standard InChI is InChI=1S/C12H16N2O.C4H4O4/c1-10(2)14-7-8-15-12-6-4-3-5-11(12)9-13;5-3(6)1-2-4(7)8/h3-6,10,14H,7-8H2,1-2H3;1-2H,(H,5,6)(H,7,8). The molecule has 0 unspecified atom stereocenters. The molecule has 7 heteroatoms. The third-order valence-corrected chi connectivity index (χ3v) is 2.29. The Hall–Kier alpha value is -2.85. The highest BCUT2D eigenvalue weighted by Crippen LogP contribution is 2.15. The van der Waals surface area contributed by atoms with Gasteiger partial charge in [-0.2, -0.15) is 5.26 Å². The molecule has 3 N–H and O–H groups in total. The molecule has 0 aliphatic rings. The van der Waals surface area contributed by atoms with Crippen molar-refractivity contribution in [2.45, 2.75) is 19.9 Å². The van der Waals surface area contributed by atoms with Gasteiger partial charge in [-0.05, 0) is 12.1 Å². The predicted molar refractivity (Wildman–Crippen MR) is 84.2 cm³/mol. The van der Waals surface area contributed by atoms with E-state index in [1.54, 1.807) is 6.07 Å². The van der Waals surface area contributed by atoms with Crippen LogP contribution in [0.4, 0.5) is 0 Å². The Morgan fingerprint density at radius 3 is 2.30 bits per heavy atom. The number of carboxylic acid groups (broad SMARTS) is 2. The van der Waals surface area contributed by atoms with Crippen LogP contribution in [-0.2, 0) is 9.59 Å². The van der Waals surface area contributed by atoms with Crippen LogP contribution < -0.4 is 10.1 Å². The van der Waals surface area contributed by atoms with E-state index >= 15 is 0 Å². The van der Waals surface area contributed by atoms with E-state index in [0.717, 1.165) is 6.54 Å². The minimum atomic E-state index is -1.26. The molecule has 0 atom stereocenters. The average Bonchev–Trinajstić information content (AvgIpc) is 2.50. The molecule has 23 heavy (non-hydrogen) atoms. The number of benzene rings is 1. The van der Waals surface area contributed by atoms with Crippen molar-refractivity contribution in [2.75, 3.05) is 13.2 Å². The number of hydrogen-bond acceptors (Lipinski definition) is 5. The second kappa shape index (κ2) is 11.8. The minimum Gasteiger partial charge on any atom is -0.491 e. The third-order valence-electron chi connectivity index (χ3n) is 2.29. The van der Waals surface area contributed by atoms with Crippen LogP contribution in [0.15, 0.2) is 36.4 Å². The smallest absolute Gasteiger partial charge is 0.328 e. The Bertz CT molecular complexity index is 560. The molecule has 1 rings (SSSR count). The summed E-state index contributed by atoms with van der Waals surface area (Å²) in [6.07, 6.45) is 1.12. The van der Waals surface area contributed by atoms with Crippen LogP contribution in [0.3, 0.4) is 0 Å². The largest absolute Gasteiger partial charge is 0.491 e. The quantitative estimate of drug-likeness (QED) is 0.516. The molecule has 0 fully saturated rings. The number of carboxylic acids is 2. The van der Waals surface area contributed by atoms with Crippen LogP contribution in [0.1, 0.15) is 19.4 Å². The number of aliphatic carboxylic acids is 2. The summed E-state index contributed by atoms with van der Waals surface area (Å²) in [5.74, 6) is -1.86. The van der Waals surface area contributed by atoms with Crippen LogP contribution >= 0.6 is 0 Å². The van der Waals surface area contributed by atoms with Crippen LogP contribution in [0, 0.1) is 11.3 Å². The number of carbonyl (C=O) groups is 2. The van der Waals surface area contributed by atoms with E-state index in [0.29, 0.717) is 36.1 Å². The summed E-state index contributed by atoms with van der Waals surface area (Å²) in [5.41, 5.74) is 0.585. The zero-order chi connectivity index (χ0) is 17.7. The number of para-hydroxylation sites is 1. The van der Waals surface area contributed by atoms with Crippen molar-refractivity contribution >= 4 is 11.9 Å². The van der Waals surface area contributed by atoms with Gasteiger partial charge >= 0.3 is 11.9 Å². The van der Waals surface area contributed by atoms with Crippen molar-refractivity contribution in [3.8, 4) is 11.8 Å². The minimum absolute atomic E-state index is 0.458. The van der Waals surface area contributed by atoms with Crippen molar-refractivity contribution in [2.24, 2.45) is 0 Å². The summed E-state index contributed by atoms with van der Waals surface area (Å²) in [7, 11) is 0. The molecule has 0 aromatic heterocycles. The molecule has 124 valence electrons. The fraction of sp³-hybridized carbons (Fsp3) is 0.312. The molecule has 7 nitrogen and oxygen atoms in total. The first kappa shape index (κ1) is 20.1. The van der Waals surface area contributed by atoms with E-state index in [2.05, 4.69) is 25.2 Å². The van der Waals surface area contributed by atoms with Crippen molar-refractivity contribution < 1.29 is 24.5 Å². The molecule has 0 radical (unpaired) electrons. The van der Waals surface area contributed by atoms with Crippen LogP contribution in [0.5, 0.6) is 5.75 Å². The fourth-order valence-electron chi connectivity index (χ4n) is 1.34. The highest BCUT2D eigenvalue weighted by atomic mass is 16.5. The maximum absolute atomic E-state index is 9.55. The lowest BCUT2D eigenvalue weighted by Crippen LogP contribution is -2.27. The lowest BCUT2D eigenvalue weighted by atomic mass is 10.2. The summed E-state index contributed by atoms with van der Waals surface area (Å²) >= 11 is 0. The number of nitriles is 1. The topological polar surface area (TPSA) is 120 Å². The predicted octanol–water partition coefficient (Wildman–Crippen LogP) is 1.65. The van der Waals surface area contributed by atoms with Gasteiger partial charge < -0.3 is 20.3 Å². The molecular weight excluding hydrogens is 300 g/mol. The molecule has 1 aromatic rings. The van der Waals surface area contributed by atoms with Gasteiger partial charge in [0.05, 0.1) is 5.56 Å². The zero-order valence-corrected chi connectivity index (χ0v) is 13.0. The molecule has 1 aromatic carbocycles. The Balaban J connectivity index is 0.000000515. The summed E-state index contributed by atoms with van der Waals surface area (Å²) in [6, 6.07) is 9.82. The molecule has 0 heterocycles. The molecule has 0 saturated heterocycles. The molecule has 0 amide bonds. The molecular formula is C16H20N2O5. The second-order valence-corrected chi connectivity index (χ2v) is 4.58. The highest BCUT2D eigenvalue weighted by Gasteiger charge is 2.00. The van der Waals surface area contributed by atoms with Gasteiger partial charge in [0.2, 0.25) is 0 Å². The Kier molecular flexibility index (Phi) is 10.3. The first-order valence-electron chi connectivity index (χ1n) is 6.86. The Morgan fingerprint density at radius 2 is 1.83 bits per heavy atom. The highest BCUT2D eigenvalue weighted by molar-refractivity contribution is 5.89. The summed E-state index contributed by atoms with van der Waals surface area (Å²) < 4.78 is 5.49. The molecule has 0 aliphatic heterocycles. The van der Waals surface area contributed by atoms with Crippen molar-refractivity contribution in [3.63, 3.8) is 0 Å². The van der Waals surface area contributed by atoms with Gasteiger partial charge in [-0.1, -0.05) is 26.0 Å². The molecule has 0 aliphatic carbocycles. The van der Waals surface area contributed by atoms with E-state index < -0.39 is 11.9 Å². The zero-order valence-electron chi connectivity index (χ0n) is 13.0. The summed E-state index contributed by atoms with van der Waals surface area (Å²) in [4.78, 5) is 19.1. The van der Waals surface area contributed by atoms with E-state index in [9.17, 15) is 9.59 Å².